The Labute approximate surface area is 311 Å². The van der Waals surface area contributed by atoms with Gasteiger partial charge in [0, 0.05) is 13.8 Å². The number of ether oxygens (including phenoxy) is 4. The van der Waals surface area contributed by atoms with E-state index in [-0.39, 0.29) is 36.7 Å². The summed E-state index contributed by atoms with van der Waals surface area (Å²) in [5.41, 5.74) is 2.40. The van der Waals surface area contributed by atoms with E-state index < -0.39 is 0 Å². The molecule has 0 unspecified atom stereocenters. The molecular formula is C44H74O7. The molecule has 7 nitrogen and oxygen atoms in total. The summed E-state index contributed by atoms with van der Waals surface area (Å²) >= 11 is 0. The van der Waals surface area contributed by atoms with Gasteiger partial charge in [0.1, 0.15) is 18.0 Å². The Balaban J connectivity index is 1.73. The van der Waals surface area contributed by atoms with E-state index in [1.54, 1.807) is 0 Å². The number of hydrogen-bond acceptors (Lipinski definition) is 7. The Kier molecular flexibility index (Phi) is 24.5. The first kappa shape index (κ1) is 44.6. The van der Waals surface area contributed by atoms with Crippen LogP contribution in [0.2, 0.25) is 0 Å². The lowest BCUT2D eigenvalue weighted by molar-refractivity contribution is -0.148. The van der Waals surface area contributed by atoms with Crippen molar-refractivity contribution >= 4 is 17.9 Å². The van der Waals surface area contributed by atoms with Crippen LogP contribution in [0.4, 0.5) is 0 Å². The second kappa shape index (κ2) is 28.0. The van der Waals surface area contributed by atoms with E-state index in [1.165, 1.54) is 96.5 Å². The van der Waals surface area contributed by atoms with Gasteiger partial charge in [0.05, 0.1) is 6.61 Å². The summed E-state index contributed by atoms with van der Waals surface area (Å²) in [6.45, 7) is 10.0. The average Bonchev–Trinajstić information content (AvgIpc) is 3.08. The van der Waals surface area contributed by atoms with Crippen molar-refractivity contribution in [2.45, 2.75) is 201 Å². The molecule has 1 aliphatic rings. The molecule has 0 heterocycles. The fourth-order valence-electron chi connectivity index (χ4n) is 7.61. The maximum absolute atomic E-state index is 12.5. The number of rotatable bonds is 30. The van der Waals surface area contributed by atoms with Gasteiger partial charge in [-0.15, -0.1) is 0 Å². The van der Waals surface area contributed by atoms with Gasteiger partial charge in [-0.1, -0.05) is 129 Å². The number of esters is 3. The highest BCUT2D eigenvalue weighted by atomic mass is 16.6. The molecule has 0 saturated heterocycles. The van der Waals surface area contributed by atoms with Crippen LogP contribution in [0.5, 0.6) is 5.75 Å². The van der Waals surface area contributed by atoms with Gasteiger partial charge in [0.15, 0.2) is 6.61 Å². The van der Waals surface area contributed by atoms with E-state index in [4.69, 9.17) is 18.9 Å². The predicted molar refractivity (Wildman–Crippen MR) is 207 cm³/mol. The first-order chi connectivity index (χ1) is 24.7. The molecule has 1 aromatic carbocycles. The van der Waals surface area contributed by atoms with Gasteiger partial charge in [-0.25, -0.2) is 4.79 Å². The van der Waals surface area contributed by atoms with Crippen molar-refractivity contribution in [3.63, 3.8) is 0 Å². The van der Waals surface area contributed by atoms with Crippen molar-refractivity contribution in [1.82, 2.24) is 0 Å². The zero-order valence-corrected chi connectivity index (χ0v) is 33.3. The Morgan fingerprint density at radius 1 is 0.667 bits per heavy atom. The van der Waals surface area contributed by atoms with E-state index in [9.17, 15) is 14.4 Å². The van der Waals surface area contributed by atoms with Gasteiger partial charge in [0.25, 0.3) is 0 Å². The highest BCUT2D eigenvalue weighted by molar-refractivity contribution is 5.71. The number of hydrogen-bond donors (Lipinski definition) is 0. The largest absolute Gasteiger partial charge is 0.482 e. The van der Waals surface area contributed by atoms with Gasteiger partial charge >= 0.3 is 17.9 Å². The minimum atomic E-state index is -0.320. The highest BCUT2D eigenvalue weighted by Crippen LogP contribution is 2.38. The van der Waals surface area contributed by atoms with Crippen molar-refractivity contribution in [2.24, 2.45) is 11.8 Å². The summed E-state index contributed by atoms with van der Waals surface area (Å²) in [6.07, 6.45) is 26.9. The molecule has 0 saturated carbocycles. The molecule has 0 aliphatic heterocycles. The van der Waals surface area contributed by atoms with Crippen molar-refractivity contribution < 1.29 is 33.3 Å². The van der Waals surface area contributed by atoms with Crippen LogP contribution >= 0.6 is 0 Å². The topological polar surface area (TPSA) is 88.1 Å². The number of unbranched alkanes of at least 4 members (excludes halogenated alkanes) is 15. The third kappa shape index (κ3) is 20.9. The lowest BCUT2D eigenvalue weighted by atomic mass is 9.74. The second-order valence-corrected chi connectivity index (χ2v) is 15.3. The second-order valence-electron chi connectivity index (χ2n) is 15.3. The average molecular weight is 715 g/mol. The van der Waals surface area contributed by atoms with E-state index in [0.717, 1.165) is 88.4 Å². The van der Waals surface area contributed by atoms with E-state index in [2.05, 4.69) is 26.8 Å². The SMILES string of the molecule is CCCCCCCCCCCCCCCCOC(=O)COc1cccc2c1C[C@@H](C[C@H](CCC[C@H](CCCCC)OC(C)=O)OC(C)=O)[C@@H](C)C2. The molecule has 1 aromatic rings. The third-order valence-electron chi connectivity index (χ3n) is 10.6. The van der Waals surface area contributed by atoms with Crippen LogP contribution in [0, 0.1) is 11.8 Å². The van der Waals surface area contributed by atoms with E-state index in [0.29, 0.717) is 18.4 Å². The summed E-state index contributed by atoms with van der Waals surface area (Å²) in [5, 5.41) is 0. The summed E-state index contributed by atoms with van der Waals surface area (Å²) in [4.78, 5) is 36.3. The van der Waals surface area contributed by atoms with Gasteiger partial charge in [0.2, 0.25) is 0 Å². The smallest absolute Gasteiger partial charge is 0.344 e. The zero-order valence-electron chi connectivity index (χ0n) is 33.3. The summed E-state index contributed by atoms with van der Waals surface area (Å²) < 4.78 is 23.0. The van der Waals surface area contributed by atoms with Crippen molar-refractivity contribution in [3.8, 4) is 5.75 Å². The molecule has 0 amide bonds. The van der Waals surface area contributed by atoms with Crippen LogP contribution in [-0.4, -0.2) is 43.3 Å². The standard InChI is InChI=1S/C44H74O7/c1-6-8-10-11-12-13-14-15-16-17-18-19-20-22-30-48-44(47)34-49-43-29-23-25-38-31-35(3)39(33-42(38)43)32-41(51-37(5)46)28-24-27-40(50-36(4)45)26-21-9-7-2/h23,25,29,35,39-41H,6-22,24,26-28,30-34H2,1-5H3/t35-,39+,40-,41-/m0/s1. The van der Waals surface area contributed by atoms with E-state index >= 15 is 0 Å². The minimum Gasteiger partial charge on any atom is -0.482 e. The first-order valence-corrected chi connectivity index (χ1v) is 21.0. The molecule has 0 aromatic heterocycles. The zero-order chi connectivity index (χ0) is 37.1. The Bertz CT molecular complexity index is 1090. The van der Waals surface area contributed by atoms with Crippen molar-refractivity contribution in [3.05, 3.63) is 29.3 Å². The molecule has 4 atom stereocenters. The molecule has 51 heavy (non-hydrogen) atoms. The molecule has 0 N–H and O–H groups in total. The lowest BCUT2D eigenvalue weighted by Gasteiger charge is -2.34. The van der Waals surface area contributed by atoms with Gasteiger partial charge in [-0.3, -0.25) is 9.59 Å². The number of fused-ring (bicyclic) bond motifs is 1. The molecule has 292 valence electrons. The molecule has 7 heteroatoms. The minimum absolute atomic E-state index is 0.0851. The fourth-order valence-corrected chi connectivity index (χ4v) is 7.61. The molecular weight excluding hydrogens is 640 g/mol. The molecule has 0 radical (unpaired) electrons. The van der Waals surface area contributed by atoms with Crippen LogP contribution in [0.15, 0.2) is 18.2 Å². The van der Waals surface area contributed by atoms with Crippen LogP contribution in [-0.2, 0) is 41.4 Å². The van der Waals surface area contributed by atoms with Gasteiger partial charge in [-0.2, -0.15) is 0 Å². The lowest BCUT2D eigenvalue weighted by Crippen LogP contribution is -2.30. The molecule has 0 bridgehead atoms. The van der Waals surface area contributed by atoms with Crippen molar-refractivity contribution in [1.29, 1.82) is 0 Å². The van der Waals surface area contributed by atoms with Crippen molar-refractivity contribution in [2.75, 3.05) is 13.2 Å². The maximum atomic E-state index is 12.5. The first-order valence-electron chi connectivity index (χ1n) is 21.0. The highest BCUT2D eigenvalue weighted by Gasteiger charge is 2.31. The van der Waals surface area contributed by atoms with Gasteiger partial charge in [-0.05, 0) is 86.8 Å². The monoisotopic (exact) mass is 715 g/mol. The molecule has 1 aliphatic carbocycles. The maximum Gasteiger partial charge on any atom is 0.344 e. The summed E-state index contributed by atoms with van der Waals surface area (Å²) in [5.74, 6) is 0.660. The molecule has 0 spiro atoms. The number of carbonyl (C=O) groups excluding carboxylic acids is 3. The Hall–Kier alpha value is -2.57. The summed E-state index contributed by atoms with van der Waals surface area (Å²) in [7, 11) is 0. The number of benzene rings is 1. The van der Waals surface area contributed by atoms with Crippen LogP contribution in [0.1, 0.15) is 187 Å². The van der Waals surface area contributed by atoms with Crippen LogP contribution < -0.4 is 4.74 Å². The number of carbonyl (C=O) groups is 3. The van der Waals surface area contributed by atoms with Gasteiger partial charge < -0.3 is 18.9 Å². The molecule has 0 fully saturated rings. The summed E-state index contributed by atoms with van der Waals surface area (Å²) in [6, 6.07) is 6.10. The van der Waals surface area contributed by atoms with Crippen LogP contribution in [0.25, 0.3) is 0 Å². The Morgan fingerprint density at radius 3 is 1.80 bits per heavy atom. The molecule has 2 rings (SSSR count). The van der Waals surface area contributed by atoms with Crippen LogP contribution in [0.3, 0.4) is 0 Å². The fraction of sp³-hybridized carbons (Fsp3) is 0.795. The third-order valence-corrected chi connectivity index (χ3v) is 10.6. The predicted octanol–water partition coefficient (Wildman–Crippen LogP) is 11.4. The normalized spacial score (nSPS) is 16.6. The quantitative estimate of drug-likeness (QED) is 0.0445. The van der Waals surface area contributed by atoms with E-state index in [1.807, 2.05) is 12.1 Å². The Morgan fingerprint density at radius 2 is 1.20 bits per heavy atom.